The van der Waals surface area contributed by atoms with Crippen LogP contribution in [-0.2, 0) is 6.54 Å². The lowest BCUT2D eigenvalue weighted by molar-refractivity contribution is 0.0472. The van der Waals surface area contributed by atoms with Crippen LogP contribution in [0.25, 0.3) is 0 Å². The Hall–Kier alpha value is -0.860. The number of benzene rings is 1. The summed E-state index contributed by atoms with van der Waals surface area (Å²) >= 11 is 0. The molecule has 1 fully saturated rings. The SMILES string of the molecule is CC1CCCN(Cc2ccccc2)C1CO. The van der Waals surface area contributed by atoms with Crippen molar-refractivity contribution < 1.29 is 5.11 Å². The molecule has 0 saturated carbocycles. The summed E-state index contributed by atoms with van der Waals surface area (Å²) in [5.74, 6) is 0.613. The Bertz CT molecular complexity index is 312. The van der Waals surface area contributed by atoms with Crippen LogP contribution in [0.5, 0.6) is 0 Å². The second kappa shape index (κ2) is 5.46. The monoisotopic (exact) mass is 219 g/mol. The van der Waals surface area contributed by atoms with Crippen LogP contribution in [0.1, 0.15) is 25.3 Å². The zero-order chi connectivity index (χ0) is 11.4. The summed E-state index contributed by atoms with van der Waals surface area (Å²) in [4.78, 5) is 2.42. The highest BCUT2D eigenvalue weighted by Crippen LogP contribution is 2.24. The van der Waals surface area contributed by atoms with E-state index in [9.17, 15) is 5.11 Å². The van der Waals surface area contributed by atoms with Crippen LogP contribution in [0.3, 0.4) is 0 Å². The van der Waals surface area contributed by atoms with E-state index in [0.717, 1.165) is 13.1 Å². The second-order valence-corrected chi connectivity index (χ2v) is 4.83. The van der Waals surface area contributed by atoms with Crippen molar-refractivity contribution in [2.24, 2.45) is 5.92 Å². The van der Waals surface area contributed by atoms with Crippen molar-refractivity contribution >= 4 is 0 Å². The average molecular weight is 219 g/mol. The van der Waals surface area contributed by atoms with E-state index in [2.05, 4.69) is 36.1 Å². The standard InChI is InChI=1S/C14H21NO/c1-12-6-5-9-15(14(12)11-16)10-13-7-3-2-4-8-13/h2-4,7-8,12,14,16H,5-6,9-11H2,1H3. The van der Waals surface area contributed by atoms with Crippen LogP contribution < -0.4 is 0 Å². The lowest BCUT2D eigenvalue weighted by Crippen LogP contribution is -2.45. The highest BCUT2D eigenvalue weighted by Gasteiger charge is 2.27. The van der Waals surface area contributed by atoms with E-state index in [0.29, 0.717) is 12.0 Å². The fourth-order valence-electron chi connectivity index (χ4n) is 2.64. The Balaban J connectivity index is 2.02. The van der Waals surface area contributed by atoms with Crippen molar-refractivity contribution in [3.05, 3.63) is 35.9 Å². The summed E-state index contributed by atoms with van der Waals surface area (Å²) in [5, 5.41) is 9.47. The van der Waals surface area contributed by atoms with Gasteiger partial charge in [0.05, 0.1) is 6.61 Å². The quantitative estimate of drug-likeness (QED) is 0.843. The summed E-state index contributed by atoms with van der Waals surface area (Å²) in [6, 6.07) is 10.9. The van der Waals surface area contributed by atoms with Crippen molar-refractivity contribution in [1.29, 1.82) is 0 Å². The van der Waals surface area contributed by atoms with E-state index in [4.69, 9.17) is 0 Å². The second-order valence-electron chi connectivity index (χ2n) is 4.83. The van der Waals surface area contributed by atoms with Crippen molar-refractivity contribution in [3.8, 4) is 0 Å². The molecule has 0 amide bonds. The number of likely N-dealkylation sites (tertiary alicyclic amines) is 1. The predicted octanol–water partition coefficient (Wildman–Crippen LogP) is 2.28. The third kappa shape index (κ3) is 2.63. The molecule has 2 nitrogen and oxygen atoms in total. The predicted molar refractivity (Wildman–Crippen MR) is 66.1 cm³/mol. The molecular formula is C14H21NO. The zero-order valence-electron chi connectivity index (χ0n) is 9.97. The molecular weight excluding hydrogens is 198 g/mol. The lowest BCUT2D eigenvalue weighted by Gasteiger charge is -2.39. The number of rotatable bonds is 3. The molecule has 1 aliphatic rings. The lowest BCUT2D eigenvalue weighted by atomic mass is 9.91. The van der Waals surface area contributed by atoms with E-state index < -0.39 is 0 Å². The molecule has 2 atom stereocenters. The van der Waals surface area contributed by atoms with Crippen LogP contribution >= 0.6 is 0 Å². The first-order chi connectivity index (χ1) is 7.81. The molecule has 2 rings (SSSR count). The minimum Gasteiger partial charge on any atom is -0.395 e. The molecule has 1 saturated heterocycles. The average Bonchev–Trinajstić information content (AvgIpc) is 2.31. The third-order valence-electron chi connectivity index (χ3n) is 3.65. The van der Waals surface area contributed by atoms with E-state index in [1.54, 1.807) is 0 Å². The fraction of sp³-hybridized carbons (Fsp3) is 0.571. The van der Waals surface area contributed by atoms with Crippen molar-refractivity contribution in [2.75, 3.05) is 13.2 Å². The maximum Gasteiger partial charge on any atom is 0.0589 e. The normalized spacial score (nSPS) is 26.9. The maximum atomic E-state index is 9.47. The van der Waals surface area contributed by atoms with E-state index in [1.807, 2.05) is 6.07 Å². The molecule has 2 unspecified atom stereocenters. The van der Waals surface area contributed by atoms with E-state index in [1.165, 1.54) is 18.4 Å². The topological polar surface area (TPSA) is 23.5 Å². The van der Waals surface area contributed by atoms with Crippen molar-refractivity contribution in [3.63, 3.8) is 0 Å². The van der Waals surface area contributed by atoms with Gasteiger partial charge in [-0.1, -0.05) is 37.3 Å². The Morgan fingerprint density at radius 2 is 2.06 bits per heavy atom. The molecule has 1 aromatic rings. The minimum atomic E-state index is 0.286. The van der Waals surface area contributed by atoms with Gasteiger partial charge < -0.3 is 5.11 Å². The van der Waals surface area contributed by atoms with Gasteiger partial charge in [-0.15, -0.1) is 0 Å². The van der Waals surface area contributed by atoms with Gasteiger partial charge in [0.1, 0.15) is 0 Å². The highest BCUT2D eigenvalue weighted by atomic mass is 16.3. The largest absolute Gasteiger partial charge is 0.395 e. The fourth-order valence-corrected chi connectivity index (χ4v) is 2.64. The van der Waals surface area contributed by atoms with Crippen LogP contribution in [0.2, 0.25) is 0 Å². The molecule has 2 heteroatoms. The van der Waals surface area contributed by atoms with Gasteiger partial charge >= 0.3 is 0 Å². The molecule has 1 aliphatic heterocycles. The summed E-state index contributed by atoms with van der Waals surface area (Å²) < 4.78 is 0. The van der Waals surface area contributed by atoms with Gasteiger partial charge in [-0.05, 0) is 30.9 Å². The Kier molecular flexibility index (Phi) is 3.97. The first-order valence-corrected chi connectivity index (χ1v) is 6.20. The smallest absolute Gasteiger partial charge is 0.0589 e. The Labute approximate surface area is 97.9 Å². The molecule has 1 N–H and O–H groups in total. The number of nitrogens with zero attached hydrogens (tertiary/aromatic N) is 1. The molecule has 0 spiro atoms. The summed E-state index contributed by atoms with van der Waals surface area (Å²) in [6.45, 7) is 4.62. The summed E-state index contributed by atoms with van der Waals surface area (Å²) in [7, 11) is 0. The first-order valence-electron chi connectivity index (χ1n) is 6.20. The van der Waals surface area contributed by atoms with E-state index in [-0.39, 0.29) is 6.61 Å². The van der Waals surface area contributed by atoms with Gasteiger partial charge in [0.2, 0.25) is 0 Å². The van der Waals surface area contributed by atoms with Gasteiger partial charge in [-0.25, -0.2) is 0 Å². The van der Waals surface area contributed by atoms with Gasteiger partial charge in [0, 0.05) is 12.6 Å². The van der Waals surface area contributed by atoms with Gasteiger partial charge in [-0.3, -0.25) is 4.90 Å². The Morgan fingerprint density at radius 3 is 2.75 bits per heavy atom. The molecule has 0 bridgehead atoms. The first kappa shape index (κ1) is 11.6. The van der Waals surface area contributed by atoms with Crippen molar-refractivity contribution in [1.82, 2.24) is 4.90 Å². The number of hydrogen-bond acceptors (Lipinski definition) is 2. The molecule has 16 heavy (non-hydrogen) atoms. The van der Waals surface area contributed by atoms with Crippen LogP contribution in [0, 0.1) is 5.92 Å². The molecule has 88 valence electrons. The molecule has 0 radical (unpaired) electrons. The number of piperidine rings is 1. The molecule has 1 heterocycles. The molecule has 0 aromatic heterocycles. The van der Waals surface area contributed by atoms with Gasteiger partial charge in [0.25, 0.3) is 0 Å². The van der Waals surface area contributed by atoms with Crippen LogP contribution in [0.15, 0.2) is 30.3 Å². The number of aliphatic hydroxyl groups is 1. The van der Waals surface area contributed by atoms with Crippen LogP contribution in [-0.4, -0.2) is 29.2 Å². The number of hydrogen-bond donors (Lipinski definition) is 1. The Morgan fingerprint density at radius 1 is 1.31 bits per heavy atom. The third-order valence-corrected chi connectivity index (χ3v) is 3.65. The summed E-state index contributed by atoms with van der Waals surface area (Å²) in [6.07, 6.45) is 2.50. The highest BCUT2D eigenvalue weighted by molar-refractivity contribution is 5.14. The zero-order valence-corrected chi connectivity index (χ0v) is 9.97. The molecule has 1 aromatic carbocycles. The van der Waals surface area contributed by atoms with Crippen molar-refractivity contribution in [2.45, 2.75) is 32.4 Å². The minimum absolute atomic E-state index is 0.286. The van der Waals surface area contributed by atoms with Gasteiger partial charge in [-0.2, -0.15) is 0 Å². The number of aliphatic hydroxyl groups excluding tert-OH is 1. The molecule has 0 aliphatic carbocycles. The van der Waals surface area contributed by atoms with E-state index >= 15 is 0 Å². The van der Waals surface area contributed by atoms with Gasteiger partial charge in [0.15, 0.2) is 0 Å². The van der Waals surface area contributed by atoms with Crippen LogP contribution in [0.4, 0.5) is 0 Å². The maximum absolute atomic E-state index is 9.47. The summed E-state index contributed by atoms with van der Waals surface area (Å²) in [5.41, 5.74) is 1.34.